The van der Waals surface area contributed by atoms with Gasteiger partial charge in [0.1, 0.15) is 6.07 Å². The van der Waals surface area contributed by atoms with E-state index < -0.39 is 4.92 Å². The van der Waals surface area contributed by atoms with E-state index in [0.717, 1.165) is 18.8 Å². The van der Waals surface area contributed by atoms with E-state index in [1.54, 1.807) is 6.07 Å². The van der Waals surface area contributed by atoms with Gasteiger partial charge >= 0.3 is 0 Å². The van der Waals surface area contributed by atoms with Gasteiger partial charge in [0.05, 0.1) is 16.2 Å². The Morgan fingerprint density at radius 2 is 2.00 bits per heavy atom. The van der Waals surface area contributed by atoms with E-state index in [9.17, 15) is 15.4 Å². The molecule has 2 atom stereocenters. The highest BCUT2D eigenvalue weighted by atomic mass is 16.6. The predicted octanol–water partition coefficient (Wildman–Crippen LogP) is 2.95. The molecule has 0 amide bonds. The van der Waals surface area contributed by atoms with Crippen molar-refractivity contribution in [1.29, 1.82) is 5.26 Å². The van der Waals surface area contributed by atoms with Gasteiger partial charge in [0.2, 0.25) is 0 Å². The predicted molar refractivity (Wildman–Crippen MR) is 73.0 cm³/mol. The maximum atomic E-state index is 10.7. The summed E-state index contributed by atoms with van der Waals surface area (Å²) in [5.41, 5.74) is 1.17. The molecule has 1 aromatic carbocycles. The lowest BCUT2D eigenvalue weighted by molar-refractivity contribution is -0.384. The lowest BCUT2D eigenvalue weighted by Gasteiger charge is -2.37. The minimum Gasteiger partial charge on any atom is -0.370 e. The van der Waals surface area contributed by atoms with Crippen LogP contribution in [0.2, 0.25) is 0 Å². The number of hydrogen-bond acceptors (Lipinski definition) is 4. The lowest BCUT2D eigenvalue weighted by Crippen LogP contribution is -2.39. The Morgan fingerprint density at radius 1 is 1.37 bits per heavy atom. The van der Waals surface area contributed by atoms with E-state index in [1.807, 2.05) is 0 Å². The topological polar surface area (TPSA) is 70.2 Å². The minimum atomic E-state index is -0.466. The first kappa shape index (κ1) is 13.3. The van der Waals surface area contributed by atoms with Gasteiger partial charge in [-0.05, 0) is 24.3 Å². The van der Waals surface area contributed by atoms with Crippen molar-refractivity contribution in [3.05, 3.63) is 33.9 Å². The number of nitro benzene ring substituents is 1. The second-order valence-electron chi connectivity index (χ2n) is 5.42. The van der Waals surface area contributed by atoms with Crippen molar-refractivity contribution in [2.45, 2.75) is 20.3 Å². The molecule has 0 N–H and O–H groups in total. The van der Waals surface area contributed by atoms with Crippen molar-refractivity contribution >= 4 is 11.4 Å². The number of non-ortho nitro benzene ring substituents is 1. The third-order valence-corrected chi connectivity index (χ3v) is 3.52. The molecule has 2 rings (SSSR count). The maximum Gasteiger partial charge on any atom is 0.270 e. The van der Waals surface area contributed by atoms with Crippen LogP contribution in [0.4, 0.5) is 11.4 Å². The fourth-order valence-electron chi connectivity index (χ4n) is 2.86. The van der Waals surface area contributed by atoms with E-state index in [4.69, 9.17) is 0 Å². The SMILES string of the molecule is C[C@@H]1C[C@H](C)CN(c2ccc([N+](=O)[O-])cc2C#N)C1. The number of piperidine rings is 1. The summed E-state index contributed by atoms with van der Waals surface area (Å²) in [6, 6.07) is 6.60. The molecule has 0 bridgehead atoms. The van der Waals surface area contributed by atoms with Crippen LogP contribution in [0.3, 0.4) is 0 Å². The number of hydrogen-bond donors (Lipinski definition) is 0. The number of rotatable bonds is 2. The third-order valence-electron chi connectivity index (χ3n) is 3.52. The molecule has 5 heteroatoms. The van der Waals surface area contributed by atoms with Gasteiger partial charge in [0, 0.05) is 25.2 Å². The molecule has 1 aliphatic rings. The summed E-state index contributed by atoms with van der Waals surface area (Å²) in [7, 11) is 0. The van der Waals surface area contributed by atoms with E-state index in [0.29, 0.717) is 17.4 Å². The zero-order valence-electron chi connectivity index (χ0n) is 11.2. The first-order valence-electron chi connectivity index (χ1n) is 6.44. The van der Waals surface area contributed by atoms with Crippen LogP contribution in [-0.2, 0) is 0 Å². The number of anilines is 1. The largest absolute Gasteiger partial charge is 0.370 e. The molecule has 0 saturated carbocycles. The van der Waals surface area contributed by atoms with Crippen LogP contribution in [-0.4, -0.2) is 18.0 Å². The molecule has 0 radical (unpaired) electrons. The average molecular weight is 259 g/mol. The van der Waals surface area contributed by atoms with Crippen molar-refractivity contribution in [3.8, 4) is 6.07 Å². The Balaban J connectivity index is 2.34. The van der Waals surface area contributed by atoms with Crippen molar-refractivity contribution in [1.82, 2.24) is 0 Å². The van der Waals surface area contributed by atoms with Gasteiger partial charge in [-0.2, -0.15) is 5.26 Å². The lowest BCUT2D eigenvalue weighted by atomic mass is 9.91. The van der Waals surface area contributed by atoms with Crippen LogP contribution in [0.15, 0.2) is 18.2 Å². The summed E-state index contributed by atoms with van der Waals surface area (Å²) in [6.45, 7) is 6.19. The van der Waals surface area contributed by atoms with Crippen molar-refractivity contribution in [2.75, 3.05) is 18.0 Å². The molecule has 19 heavy (non-hydrogen) atoms. The van der Waals surface area contributed by atoms with Crippen LogP contribution in [0, 0.1) is 33.3 Å². The third kappa shape index (κ3) is 2.84. The van der Waals surface area contributed by atoms with Crippen LogP contribution >= 0.6 is 0 Å². The van der Waals surface area contributed by atoms with Crippen LogP contribution in [0.5, 0.6) is 0 Å². The molecule has 1 aromatic rings. The summed E-state index contributed by atoms with van der Waals surface area (Å²) < 4.78 is 0. The van der Waals surface area contributed by atoms with Crippen LogP contribution in [0.25, 0.3) is 0 Å². The zero-order valence-corrected chi connectivity index (χ0v) is 11.2. The Labute approximate surface area is 112 Å². The molecule has 0 spiro atoms. The smallest absolute Gasteiger partial charge is 0.270 e. The van der Waals surface area contributed by atoms with Gasteiger partial charge in [0.25, 0.3) is 5.69 Å². The van der Waals surface area contributed by atoms with Gasteiger partial charge < -0.3 is 4.90 Å². The molecular formula is C14H17N3O2. The molecular weight excluding hydrogens is 242 g/mol. The molecule has 5 nitrogen and oxygen atoms in total. The Hall–Kier alpha value is -2.09. The summed E-state index contributed by atoms with van der Waals surface area (Å²) >= 11 is 0. The van der Waals surface area contributed by atoms with Gasteiger partial charge in [-0.15, -0.1) is 0 Å². The fourth-order valence-corrected chi connectivity index (χ4v) is 2.86. The molecule has 0 aliphatic carbocycles. The minimum absolute atomic E-state index is 0.0293. The molecule has 1 aliphatic heterocycles. The molecule has 1 saturated heterocycles. The van der Waals surface area contributed by atoms with E-state index in [-0.39, 0.29) is 5.69 Å². The van der Waals surface area contributed by atoms with Crippen LogP contribution < -0.4 is 4.90 Å². The van der Waals surface area contributed by atoms with Crippen molar-refractivity contribution in [3.63, 3.8) is 0 Å². The quantitative estimate of drug-likeness (QED) is 0.604. The second-order valence-corrected chi connectivity index (χ2v) is 5.42. The first-order chi connectivity index (χ1) is 9.01. The van der Waals surface area contributed by atoms with Gasteiger partial charge in [-0.3, -0.25) is 10.1 Å². The molecule has 0 unspecified atom stereocenters. The van der Waals surface area contributed by atoms with Gasteiger partial charge in [-0.1, -0.05) is 13.8 Å². The highest BCUT2D eigenvalue weighted by Crippen LogP contribution is 2.30. The van der Waals surface area contributed by atoms with Gasteiger partial charge in [0.15, 0.2) is 0 Å². The monoisotopic (exact) mass is 259 g/mol. The normalized spacial score (nSPS) is 22.9. The highest BCUT2D eigenvalue weighted by molar-refractivity contribution is 5.63. The van der Waals surface area contributed by atoms with Gasteiger partial charge in [-0.25, -0.2) is 0 Å². The maximum absolute atomic E-state index is 10.7. The van der Waals surface area contributed by atoms with Crippen molar-refractivity contribution in [2.24, 2.45) is 11.8 Å². The van der Waals surface area contributed by atoms with E-state index in [1.165, 1.54) is 18.6 Å². The summed E-state index contributed by atoms with van der Waals surface area (Å²) in [5.74, 6) is 1.15. The highest BCUT2D eigenvalue weighted by Gasteiger charge is 2.24. The van der Waals surface area contributed by atoms with Crippen molar-refractivity contribution < 1.29 is 4.92 Å². The Bertz CT molecular complexity index is 526. The number of nitrogens with zero attached hydrogens (tertiary/aromatic N) is 3. The Kier molecular flexibility index (Phi) is 3.70. The van der Waals surface area contributed by atoms with Crippen LogP contribution in [0.1, 0.15) is 25.8 Å². The summed E-state index contributed by atoms with van der Waals surface area (Å²) in [4.78, 5) is 12.4. The van der Waals surface area contributed by atoms with E-state index in [2.05, 4.69) is 24.8 Å². The zero-order chi connectivity index (χ0) is 14.0. The fraction of sp³-hybridized carbons (Fsp3) is 0.500. The Morgan fingerprint density at radius 3 is 2.53 bits per heavy atom. The second kappa shape index (κ2) is 5.27. The summed E-state index contributed by atoms with van der Waals surface area (Å²) in [5, 5.41) is 19.9. The first-order valence-corrected chi connectivity index (χ1v) is 6.44. The number of benzene rings is 1. The molecule has 100 valence electrons. The molecule has 1 heterocycles. The van der Waals surface area contributed by atoms with E-state index >= 15 is 0 Å². The number of nitro groups is 1. The molecule has 0 aromatic heterocycles. The standard InChI is InChI=1S/C14H17N3O2/c1-10-5-11(2)9-16(8-10)14-4-3-13(17(18)19)6-12(14)7-15/h3-4,6,10-11H,5,8-9H2,1-2H3/t10-,11+. The number of nitriles is 1. The average Bonchev–Trinajstić information content (AvgIpc) is 2.36. The molecule has 1 fully saturated rings. The summed E-state index contributed by atoms with van der Waals surface area (Å²) in [6.07, 6.45) is 1.19.